The zero-order valence-corrected chi connectivity index (χ0v) is 22.0. The fourth-order valence-corrected chi connectivity index (χ4v) is 3.77. The Balaban J connectivity index is 1.97. The molecule has 38 heavy (non-hydrogen) atoms. The van der Waals surface area contributed by atoms with Gasteiger partial charge in [0.1, 0.15) is 22.9 Å². The quantitative estimate of drug-likeness (QED) is 0.410. The normalized spacial score (nSPS) is 11.6. The molecule has 1 amide bonds. The van der Waals surface area contributed by atoms with Crippen LogP contribution in [0.2, 0.25) is 0 Å². The second-order valence-electron chi connectivity index (χ2n) is 8.26. The van der Waals surface area contributed by atoms with Crippen molar-refractivity contribution in [2.45, 2.75) is 12.7 Å². The van der Waals surface area contributed by atoms with E-state index in [2.05, 4.69) is 25.6 Å². The maximum atomic E-state index is 13.7. The van der Waals surface area contributed by atoms with Crippen molar-refractivity contribution in [3.8, 4) is 5.75 Å². The number of carbonyl (C=O) groups excluding carboxylic acids is 1. The van der Waals surface area contributed by atoms with E-state index in [9.17, 15) is 26.4 Å². The molecule has 0 bridgehead atoms. The fraction of sp³-hybridized carbons (Fsp3) is 0.304. The molecule has 0 spiro atoms. The third-order valence-electron chi connectivity index (χ3n) is 5.30. The third-order valence-corrected chi connectivity index (χ3v) is 6.47. The molecule has 204 valence electrons. The highest BCUT2D eigenvalue weighted by atomic mass is 32.2. The monoisotopic (exact) mass is 553 g/mol. The maximum Gasteiger partial charge on any atom is 0.421 e. The molecule has 0 aliphatic carbocycles. The van der Waals surface area contributed by atoms with Crippen LogP contribution in [0, 0.1) is 0 Å². The van der Waals surface area contributed by atoms with Crippen molar-refractivity contribution in [2.75, 3.05) is 49.4 Å². The minimum absolute atomic E-state index is 0.0515. The van der Waals surface area contributed by atoms with Crippen LogP contribution in [0.5, 0.6) is 5.75 Å². The van der Waals surface area contributed by atoms with Gasteiger partial charge in [0.15, 0.2) is 0 Å². The number of benzene rings is 1. The van der Waals surface area contributed by atoms with Gasteiger partial charge in [-0.2, -0.15) is 18.2 Å². The standard InChI is InChI=1S/C23H26F3N7O4S/c1-32(2)21(34)14-8-9-18(37-4)17(11-14)30-22-29-13-16(23(24,25)26)19(31-22)28-12-15-7-6-10-27-20(15)33(3)38(5,35)36/h6-11,13H,12H2,1-5H3,(H2,28,29,30,31). The summed E-state index contributed by atoms with van der Waals surface area (Å²) in [5.41, 5.74) is -0.246. The van der Waals surface area contributed by atoms with E-state index >= 15 is 0 Å². The first kappa shape index (κ1) is 28.4. The maximum absolute atomic E-state index is 13.7. The highest BCUT2D eigenvalue weighted by Gasteiger charge is 2.35. The summed E-state index contributed by atoms with van der Waals surface area (Å²) < 4.78 is 71.4. The van der Waals surface area contributed by atoms with Gasteiger partial charge in [-0.05, 0) is 24.3 Å². The van der Waals surface area contributed by atoms with Gasteiger partial charge in [0.25, 0.3) is 5.91 Å². The van der Waals surface area contributed by atoms with E-state index in [1.807, 2.05) is 0 Å². The van der Waals surface area contributed by atoms with Crippen molar-refractivity contribution in [2.24, 2.45) is 0 Å². The lowest BCUT2D eigenvalue weighted by atomic mass is 10.1. The number of rotatable bonds is 9. The average molecular weight is 554 g/mol. The van der Waals surface area contributed by atoms with Gasteiger partial charge < -0.3 is 20.3 Å². The summed E-state index contributed by atoms with van der Waals surface area (Å²) in [4.78, 5) is 25.6. The zero-order valence-electron chi connectivity index (χ0n) is 21.2. The second kappa shape index (κ2) is 11.1. The van der Waals surface area contributed by atoms with Gasteiger partial charge in [-0.3, -0.25) is 9.10 Å². The molecule has 0 aliphatic rings. The average Bonchev–Trinajstić information content (AvgIpc) is 2.85. The van der Waals surface area contributed by atoms with E-state index in [4.69, 9.17) is 4.74 Å². The van der Waals surface area contributed by atoms with Gasteiger partial charge in [0, 0.05) is 51.2 Å². The summed E-state index contributed by atoms with van der Waals surface area (Å²) >= 11 is 0. The summed E-state index contributed by atoms with van der Waals surface area (Å²) in [6.45, 7) is -0.224. The smallest absolute Gasteiger partial charge is 0.421 e. The Morgan fingerprint density at radius 1 is 1.13 bits per heavy atom. The number of hydrogen-bond donors (Lipinski definition) is 2. The number of amides is 1. The lowest BCUT2D eigenvalue weighted by molar-refractivity contribution is -0.137. The summed E-state index contributed by atoms with van der Waals surface area (Å²) in [5, 5.41) is 5.42. The van der Waals surface area contributed by atoms with E-state index in [1.165, 1.54) is 49.5 Å². The summed E-state index contributed by atoms with van der Waals surface area (Å²) in [5.74, 6) is -0.686. The van der Waals surface area contributed by atoms with Crippen molar-refractivity contribution < 1.29 is 31.1 Å². The Labute approximate surface area is 217 Å². The summed E-state index contributed by atoms with van der Waals surface area (Å²) in [7, 11) is 2.18. The van der Waals surface area contributed by atoms with E-state index in [0.29, 0.717) is 23.1 Å². The van der Waals surface area contributed by atoms with Crippen LogP contribution in [0.3, 0.4) is 0 Å². The van der Waals surface area contributed by atoms with Crippen LogP contribution in [0.25, 0.3) is 0 Å². The van der Waals surface area contributed by atoms with Crippen molar-refractivity contribution in [1.82, 2.24) is 19.9 Å². The molecular weight excluding hydrogens is 527 g/mol. The molecule has 2 heterocycles. The van der Waals surface area contributed by atoms with Crippen LogP contribution in [0.4, 0.5) is 36.4 Å². The van der Waals surface area contributed by atoms with Crippen LogP contribution < -0.4 is 19.7 Å². The van der Waals surface area contributed by atoms with Gasteiger partial charge in [-0.25, -0.2) is 18.4 Å². The Kier molecular flexibility index (Phi) is 8.29. The number of anilines is 4. The molecule has 0 saturated carbocycles. The van der Waals surface area contributed by atoms with Gasteiger partial charge in [-0.1, -0.05) is 6.07 Å². The summed E-state index contributed by atoms with van der Waals surface area (Å²) in [6, 6.07) is 7.61. The van der Waals surface area contributed by atoms with Crippen molar-refractivity contribution in [1.29, 1.82) is 0 Å². The largest absolute Gasteiger partial charge is 0.495 e. The minimum atomic E-state index is -4.78. The molecule has 11 nitrogen and oxygen atoms in total. The van der Waals surface area contributed by atoms with Gasteiger partial charge >= 0.3 is 6.18 Å². The van der Waals surface area contributed by atoms with Crippen LogP contribution in [0.15, 0.2) is 42.7 Å². The van der Waals surface area contributed by atoms with Crippen LogP contribution in [-0.4, -0.2) is 68.7 Å². The molecule has 15 heteroatoms. The number of halogens is 3. The number of aromatic nitrogens is 3. The van der Waals surface area contributed by atoms with Crippen molar-refractivity contribution >= 4 is 39.2 Å². The first-order valence-electron chi connectivity index (χ1n) is 10.9. The fourth-order valence-electron chi connectivity index (χ4n) is 3.29. The van der Waals surface area contributed by atoms with Crippen LogP contribution >= 0.6 is 0 Å². The summed E-state index contributed by atoms with van der Waals surface area (Å²) in [6.07, 6.45) is -1.81. The van der Waals surface area contributed by atoms with E-state index in [-0.39, 0.29) is 29.9 Å². The van der Waals surface area contributed by atoms with E-state index in [0.717, 1.165) is 10.6 Å². The Morgan fingerprint density at radius 3 is 2.45 bits per heavy atom. The third kappa shape index (κ3) is 6.59. The molecule has 0 atom stereocenters. The first-order valence-corrected chi connectivity index (χ1v) is 12.8. The van der Waals surface area contributed by atoms with Crippen molar-refractivity contribution in [3.63, 3.8) is 0 Å². The van der Waals surface area contributed by atoms with Crippen LogP contribution in [0.1, 0.15) is 21.5 Å². The highest BCUT2D eigenvalue weighted by Crippen LogP contribution is 2.35. The molecule has 2 N–H and O–H groups in total. The molecule has 0 unspecified atom stereocenters. The molecule has 3 rings (SSSR count). The Bertz CT molecular complexity index is 1430. The Morgan fingerprint density at radius 2 is 1.84 bits per heavy atom. The van der Waals surface area contributed by atoms with E-state index < -0.39 is 27.6 Å². The number of methoxy groups -OCH3 is 1. The van der Waals surface area contributed by atoms with Crippen LogP contribution in [-0.2, 0) is 22.7 Å². The molecule has 0 saturated heterocycles. The van der Waals surface area contributed by atoms with Gasteiger partial charge in [0.2, 0.25) is 16.0 Å². The van der Waals surface area contributed by atoms with Gasteiger partial charge in [0.05, 0.1) is 19.1 Å². The molecule has 0 fully saturated rings. The number of carbonyl (C=O) groups is 1. The number of hydrogen-bond acceptors (Lipinski definition) is 9. The first-order chi connectivity index (χ1) is 17.7. The predicted molar refractivity (Wildman–Crippen MR) is 136 cm³/mol. The molecule has 0 radical (unpaired) electrons. The lowest BCUT2D eigenvalue weighted by Crippen LogP contribution is -2.27. The Hall–Kier alpha value is -4.14. The molecular formula is C23H26F3N7O4S. The highest BCUT2D eigenvalue weighted by molar-refractivity contribution is 7.92. The van der Waals surface area contributed by atoms with Crippen molar-refractivity contribution in [3.05, 3.63) is 59.4 Å². The minimum Gasteiger partial charge on any atom is -0.495 e. The number of ether oxygens (including phenoxy) is 1. The number of alkyl halides is 3. The number of sulfonamides is 1. The topological polar surface area (TPSA) is 130 Å². The number of nitrogens with one attached hydrogen (secondary N) is 2. The zero-order chi connectivity index (χ0) is 28.3. The molecule has 2 aromatic heterocycles. The SMILES string of the molecule is COc1ccc(C(=O)N(C)C)cc1Nc1ncc(C(F)(F)F)c(NCc2cccnc2N(C)S(C)(=O)=O)n1. The molecule has 0 aliphatic heterocycles. The lowest BCUT2D eigenvalue weighted by Gasteiger charge is -2.20. The van der Waals surface area contributed by atoms with Gasteiger partial charge in [-0.15, -0.1) is 0 Å². The van der Waals surface area contributed by atoms with E-state index in [1.54, 1.807) is 20.2 Å². The number of nitrogens with zero attached hydrogens (tertiary/aromatic N) is 5. The predicted octanol–water partition coefficient (Wildman–Crippen LogP) is 3.35. The second-order valence-corrected chi connectivity index (χ2v) is 10.3. The molecule has 1 aromatic carbocycles. The number of pyridine rings is 1. The molecule has 3 aromatic rings.